The molecular formula is C17H29FN3O4P. The lowest BCUT2D eigenvalue weighted by Crippen LogP contribution is -2.41. The summed E-state index contributed by atoms with van der Waals surface area (Å²) in [5.41, 5.74) is -2.10. The fourth-order valence-electron chi connectivity index (χ4n) is 3.13. The van der Waals surface area contributed by atoms with E-state index in [2.05, 4.69) is 37.3 Å². The van der Waals surface area contributed by atoms with Gasteiger partial charge in [-0.1, -0.05) is 6.92 Å². The average Bonchev–Trinajstić information content (AvgIpc) is 2.79. The molecule has 26 heavy (non-hydrogen) atoms. The van der Waals surface area contributed by atoms with Crippen molar-refractivity contribution >= 4 is 8.96 Å². The molecule has 0 radical (unpaired) electrons. The molecule has 1 saturated heterocycles. The molecule has 148 valence electrons. The van der Waals surface area contributed by atoms with Gasteiger partial charge < -0.3 is 9.26 Å². The number of H-pyrrole nitrogens is 1. The highest BCUT2D eigenvalue weighted by atomic mass is 31.1. The van der Waals surface area contributed by atoms with E-state index in [1.165, 1.54) is 12.3 Å². The van der Waals surface area contributed by atoms with E-state index in [0.29, 0.717) is 6.42 Å². The maximum Gasteiger partial charge on any atom is 0.330 e. The molecule has 1 aromatic heterocycles. The van der Waals surface area contributed by atoms with Gasteiger partial charge in [0.05, 0.1) is 14.6 Å². The van der Waals surface area contributed by atoms with Gasteiger partial charge in [0, 0.05) is 24.3 Å². The van der Waals surface area contributed by atoms with Crippen LogP contribution in [-0.2, 0) is 9.26 Å². The molecule has 9 heteroatoms. The second-order valence-corrected chi connectivity index (χ2v) is 8.30. The van der Waals surface area contributed by atoms with Crippen molar-refractivity contribution in [2.45, 2.75) is 84.2 Å². The van der Waals surface area contributed by atoms with Crippen molar-refractivity contribution in [1.29, 1.82) is 0 Å². The summed E-state index contributed by atoms with van der Waals surface area (Å²) < 4.78 is 30.4. The van der Waals surface area contributed by atoms with Crippen LogP contribution in [-0.4, -0.2) is 44.2 Å². The first-order chi connectivity index (χ1) is 12.1. The van der Waals surface area contributed by atoms with Gasteiger partial charge in [0.1, 0.15) is 6.10 Å². The van der Waals surface area contributed by atoms with Crippen LogP contribution in [0.15, 0.2) is 21.9 Å². The van der Waals surface area contributed by atoms with Crippen molar-refractivity contribution in [3.05, 3.63) is 33.1 Å². The lowest BCUT2D eigenvalue weighted by molar-refractivity contribution is -0.0898. The zero-order chi connectivity index (χ0) is 19.6. The number of rotatable bonds is 7. The molecular weight excluding hydrogens is 360 g/mol. The summed E-state index contributed by atoms with van der Waals surface area (Å²) >= 11 is 0. The van der Waals surface area contributed by atoms with E-state index in [-0.39, 0.29) is 21.0 Å². The quantitative estimate of drug-likeness (QED) is 0.726. The Morgan fingerprint density at radius 2 is 2.00 bits per heavy atom. The van der Waals surface area contributed by atoms with Crippen molar-refractivity contribution in [3.63, 3.8) is 0 Å². The van der Waals surface area contributed by atoms with Gasteiger partial charge >= 0.3 is 5.69 Å². The molecule has 2 unspecified atom stereocenters. The molecule has 1 aliphatic rings. The Morgan fingerprint density at radius 1 is 1.38 bits per heavy atom. The number of ether oxygens (including phenoxy) is 1. The minimum Gasteiger partial charge on any atom is -0.346 e. The largest absolute Gasteiger partial charge is 0.346 e. The molecule has 0 amide bonds. The monoisotopic (exact) mass is 389 g/mol. The van der Waals surface area contributed by atoms with Crippen LogP contribution in [0.3, 0.4) is 0 Å². The summed E-state index contributed by atoms with van der Waals surface area (Å²) in [4.78, 5) is 25.4. The smallest absolute Gasteiger partial charge is 0.330 e. The van der Waals surface area contributed by atoms with Gasteiger partial charge in [0.15, 0.2) is 12.4 Å². The van der Waals surface area contributed by atoms with Crippen molar-refractivity contribution in [2.24, 2.45) is 0 Å². The molecule has 1 aromatic rings. The van der Waals surface area contributed by atoms with E-state index < -0.39 is 35.4 Å². The SMILES string of the molecule is CC[C@@]1(C)O[C@@H](n2ccc(=O)[nH]c2=O)[C@@H](F)C1OPN(C(C)C)C(C)C. The predicted octanol–water partition coefficient (Wildman–Crippen LogP) is 2.58. The number of nitrogens with one attached hydrogen (secondary N) is 1. The van der Waals surface area contributed by atoms with Crippen LogP contribution in [0.1, 0.15) is 54.2 Å². The number of aromatic nitrogens is 2. The molecule has 0 spiro atoms. The van der Waals surface area contributed by atoms with Crippen LogP contribution in [0, 0.1) is 0 Å². The molecule has 1 fully saturated rings. The van der Waals surface area contributed by atoms with Crippen molar-refractivity contribution in [1.82, 2.24) is 14.2 Å². The topological polar surface area (TPSA) is 76.6 Å². The summed E-state index contributed by atoms with van der Waals surface area (Å²) in [6, 6.07) is 1.70. The third-order valence-electron chi connectivity index (χ3n) is 4.78. The van der Waals surface area contributed by atoms with Gasteiger partial charge in [-0.15, -0.1) is 0 Å². The van der Waals surface area contributed by atoms with Gasteiger partial charge in [0.2, 0.25) is 0 Å². The molecule has 2 rings (SSSR count). The van der Waals surface area contributed by atoms with E-state index in [1.807, 2.05) is 6.92 Å². The van der Waals surface area contributed by atoms with Crippen LogP contribution in [0.2, 0.25) is 0 Å². The number of alkyl halides is 1. The molecule has 0 aliphatic carbocycles. The average molecular weight is 389 g/mol. The molecule has 7 nitrogen and oxygen atoms in total. The van der Waals surface area contributed by atoms with E-state index in [0.717, 1.165) is 4.57 Å². The zero-order valence-corrected chi connectivity index (χ0v) is 17.2. The number of aromatic amines is 1. The van der Waals surface area contributed by atoms with Gasteiger partial charge in [-0.2, -0.15) is 0 Å². The third-order valence-corrected chi connectivity index (χ3v) is 6.38. The van der Waals surface area contributed by atoms with E-state index >= 15 is 4.39 Å². The van der Waals surface area contributed by atoms with Crippen LogP contribution in [0.25, 0.3) is 0 Å². The summed E-state index contributed by atoms with van der Waals surface area (Å²) in [6.07, 6.45) is -1.69. The maximum absolute atomic E-state index is 15.2. The van der Waals surface area contributed by atoms with Crippen LogP contribution in [0.5, 0.6) is 0 Å². The predicted molar refractivity (Wildman–Crippen MR) is 100 cm³/mol. The Hall–Kier alpha value is -1.08. The molecule has 0 bridgehead atoms. The Labute approximate surface area is 154 Å². The number of hydrogen-bond acceptors (Lipinski definition) is 5. The lowest BCUT2D eigenvalue weighted by Gasteiger charge is -2.34. The molecule has 1 N–H and O–H groups in total. The number of nitrogens with zero attached hydrogens (tertiary/aromatic N) is 2. The highest BCUT2D eigenvalue weighted by Gasteiger charge is 2.54. The molecule has 1 aliphatic heterocycles. The minimum absolute atomic E-state index is 0.0155. The van der Waals surface area contributed by atoms with Gasteiger partial charge in [0.25, 0.3) is 5.56 Å². The lowest BCUT2D eigenvalue weighted by atomic mass is 9.95. The number of halogens is 1. The first kappa shape index (κ1) is 21.2. The Kier molecular flexibility index (Phi) is 6.77. The second kappa shape index (κ2) is 8.30. The summed E-state index contributed by atoms with van der Waals surface area (Å²) in [5, 5.41) is 0. The molecule has 0 aromatic carbocycles. The standard InChI is InChI=1S/C17H29FN3O4P/c1-7-17(6)14(25-26-21(10(2)3)11(4)5)13(18)15(24-17)20-9-8-12(22)19-16(20)23/h8-11,13-15,26H,7H2,1-6H3,(H,19,22,23)/t13-,14?,15+,17+/m0/s1. The summed E-state index contributed by atoms with van der Waals surface area (Å²) in [5.74, 6) is 0. The van der Waals surface area contributed by atoms with Crippen LogP contribution in [0.4, 0.5) is 4.39 Å². The fraction of sp³-hybridized carbons (Fsp3) is 0.765. The van der Waals surface area contributed by atoms with Gasteiger partial charge in [-0.25, -0.2) is 9.18 Å². The second-order valence-electron chi connectivity index (χ2n) is 7.36. The van der Waals surface area contributed by atoms with Crippen molar-refractivity contribution in [2.75, 3.05) is 0 Å². The van der Waals surface area contributed by atoms with E-state index in [4.69, 9.17) is 9.26 Å². The number of hydrogen-bond donors (Lipinski definition) is 1. The van der Waals surface area contributed by atoms with Gasteiger partial charge in [-0.05, 0) is 41.0 Å². The molecule has 2 heterocycles. The summed E-state index contributed by atoms with van der Waals surface area (Å²) in [6.45, 7) is 12.0. The molecule has 0 saturated carbocycles. The van der Waals surface area contributed by atoms with Gasteiger partial charge in [-0.3, -0.25) is 19.0 Å². The Morgan fingerprint density at radius 3 is 2.50 bits per heavy atom. The third kappa shape index (κ3) is 4.25. The molecule has 5 atom stereocenters. The Bertz CT molecular complexity index is 714. The highest BCUT2D eigenvalue weighted by molar-refractivity contribution is 7.29. The van der Waals surface area contributed by atoms with Crippen LogP contribution >= 0.6 is 8.96 Å². The summed E-state index contributed by atoms with van der Waals surface area (Å²) in [7, 11) is -0.0155. The maximum atomic E-state index is 15.2. The van der Waals surface area contributed by atoms with Crippen molar-refractivity contribution < 1.29 is 13.7 Å². The zero-order valence-electron chi connectivity index (χ0n) is 16.2. The normalized spacial score (nSPS) is 29.7. The first-order valence-electron chi connectivity index (χ1n) is 8.93. The van der Waals surface area contributed by atoms with Crippen molar-refractivity contribution in [3.8, 4) is 0 Å². The minimum atomic E-state index is -1.53. The van der Waals surface area contributed by atoms with Crippen LogP contribution < -0.4 is 11.2 Å². The fourth-order valence-corrected chi connectivity index (χ4v) is 4.17. The van der Waals surface area contributed by atoms with E-state index in [9.17, 15) is 9.59 Å². The first-order valence-corrected chi connectivity index (χ1v) is 9.79. The Balaban J connectivity index is 2.25. The van der Waals surface area contributed by atoms with E-state index in [1.54, 1.807) is 6.92 Å². The highest BCUT2D eigenvalue weighted by Crippen LogP contribution is 2.45.